The number of thiophene rings is 1. The first kappa shape index (κ1) is 17.5. The van der Waals surface area contributed by atoms with Crippen molar-refractivity contribution in [2.24, 2.45) is 0 Å². The van der Waals surface area contributed by atoms with Crippen molar-refractivity contribution in [3.63, 3.8) is 0 Å². The van der Waals surface area contributed by atoms with Crippen molar-refractivity contribution in [2.45, 2.75) is 30.2 Å². The summed E-state index contributed by atoms with van der Waals surface area (Å²) < 4.78 is 27.1. The lowest BCUT2D eigenvalue weighted by atomic mass is 10.2. The van der Waals surface area contributed by atoms with E-state index < -0.39 is 10.0 Å². The lowest BCUT2D eigenvalue weighted by Crippen LogP contribution is -2.30. The Morgan fingerprint density at radius 1 is 1.47 bits per heavy atom. The van der Waals surface area contributed by atoms with Gasteiger partial charge in [-0.3, -0.25) is 0 Å². The van der Waals surface area contributed by atoms with Crippen molar-refractivity contribution >= 4 is 57.0 Å². The highest BCUT2D eigenvalue weighted by atomic mass is 35.5. The zero-order valence-electron chi connectivity index (χ0n) is 9.99. The maximum atomic E-state index is 12.0. The van der Waals surface area contributed by atoms with Crippen LogP contribution in [0.15, 0.2) is 11.0 Å². The van der Waals surface area contributed by atoms with E-state index in [9.17, 15) is 8.42 Å². The summed E-state index contributed by atoms with van der Waals surface area (Å²) in [5, 5.41) is 3.32. The van der Waals surface area contributed by atoms with Crippen molar-refractivity contribution in [1.82, 2.24) is 10.0 Å². The second-order valence-electron chi connectivity index (χ2n) is 4.17. The first-order valence-electron chi connectivity index (χ1n) is 5.67. The van der Waals surface area contributed by atoms with Crippen LogP contribution in [0.4, 0.5) is 0 Å². The normalized spacial score (nSPS) is 19.4. The Hall–Kier alpha value is 0.440. The number of nitrogens with one attached hydrogen (secondary N) is 2. The average Bonchev–Trinajstić information content (AvgIpc) is 2.88. The van der Waals surface area contributed by atoms with E-state index in [4.69, 9.17) is 23.2 Å². The number of sulfonamides is 1. The molecule has 0 unspecified atom stereocenters. The Morgan fingerprint density at radius 3 is 2.74 bits per heavy atom. The SMILES string of the molecule is Cl.O=S(=O)(NCC[C@H]1CCCN1)c1cc(Cl)sc1Cl. The third-order valence-corrected chi connectivity index (χ3v) is 6.08. The maximum Gasteiger partial charge on any atom is 0.242 e. The zero-order valence-corrected chi connectivity index (χ0v) is 13.9. The minimum atomic E-state index is -3.55. The fraction of sp³-hybridized carbons (Fsp3) is 0.600. The summed E-state index contributed by atoms with van der Waals surface area (Å²) in [6.07, 6.45) is 3.05. The summed E-state index contributed by atoms with van der Waals surface area (Å²) in [6.45, 7) is 1.42. The van der Waals surface area contributed by atoms with Gasteiger partial charge in [-0.1, -0.05) is 23.2 Å². The van der Waals surface area contributed by atoms with Crippen molar-refractivity contribution in [1.29, 1.82) is 0 Å². The summed E-state index contributed by atoms with van der Waals surface area (Å²) in [5.41, 5.74) is 0. The van der Waals surface area contributed by atoms with E-state index in [1.54, 1.807) is 0 Å². The Morgan fingerprint density at radius 2 is 2.21 bits per heavy atom. The molecule has 1 aliphatic heterocycles. The summed E-state index contributed by atoms with van der Waals surface area (Å²) in [6, 6.07) is 1.79. The molecule has 1 fully saturated rings. The van der Waals surface area contributed by atoms with Gasteiger partial charge in [0.05, 0.1) is 4.34 Å². The van der Waals surface area contributed by atoms with E-state index in [1.807, 2.05) is 0 Å². The first-order chi connectivity index (χ1) is 8.49. The molecule has 1 aliphatic rings. The first-order valence-corrected chi connectivity index (χ1v) is 8.72. The average molecular weight is 366 g/mol. The third kappa shape index (κ3) is 4.74. The molecule has 2 heterocycles. The van der Waals surface area contributed by atoms with Gasteiger partial charge in [-0.25, -0.2) is 13.1 Å². The summed E-state index contributed by atoms with van der Waals surface area (Å²) in [5.74, 6) is 0. The van der Waals surface area contributed by atoms with E-state index in [0.717, 1.165) is 37.1 Å². The second kappa shape index (κ2) is 7.45. The number of rotatable bonds is 5. The molecule has 110 valence electrons. The van der Waals surface area contributed by atoms with Gasteiger partial charge >= 0.3 is 0 Å². The molecule has 19 heavy (non-hydrogen) atoms. The summed E-state index contributed by atoms with van der Waals surface area (Å²) in [4.78, 5) is 0.0681. The Kier molecular flexibility index (Phi) is 6.86. The Labute approximate surface area is 133 Å². The fourth-order valence-electron chi connectivity index (χ4n) is 1.96. The highest BCUT2D eigenvalue weighted by Crippen LogP contribution is 2.34. The topological polar surface area (TPSA) is 58.2 Å². The summed E-state index contributed by atoms with van der Waals surface area (Å²) in [7, 11) is -3.55. The van der Waals surface area contributed by atoms with E-state index in [2.05, 4.69) is 10.0 Å². The molecule has 1 aromatic rings. The van der Waals surface area contributed by atoms with E-state index >= 15 is 0 Å². The van der Waals surface area contributed by atoms with Crippen molar-refractivity contribution < 1.29 is 8.42 Å². The lowest BCUT2D eigenvalue weighted by Gasteiger charge is -2.10. The number of halogens is 3. The van der Waals surface area contributed by atoms with Crippen molar-refractivity contribution in [3.05, 3.63) is 14.7 Å². The van der Waals surface area contributed by atoms with Crippen LogP contribution < -0.4 is 10.0 Å². The molecule has 1 atom stereocenters. The molecule has 0 aromatic carbocycles. The smallest absolute Gasteiger partial charge is 0.242 e. The van der Waals surface area contributed by atoms with Crippen LogP contribution in [0.1, 0.15) is 19.3 Å². The standard InChI is InChI=1S/C10H14Cl2N2O2S2.ClH/c11-9-6-8(10(12)17-9)18(15,16)14-5-3-7-2-1-4-13-7;/h6-7,13-14H,1-5H2;1H/t7-;/m1./s1. The molecule has 0 bridgehead atoms. The van der Waals surface area contributed by atoms with Gasteiger partial charge in [0, 0.05) is 12.6 Å². The molecule has 9 heteroatoms. The second-order valence-corrected chi connectivity index (χ2v) is 8.19. The highest BCUT2D eigenvalue weighted by Gasteiger charge is 2.21. The van der Waals surface area contributed by atoms with Crippen LogP contribution in [-0.4, -0.2) is 27.5 Å². The molecule has 1 aromatic heterocycles. The molecule has 4 nitrogen and oxygen atoms in total. The van der Waals surface area contributed by atoms with Gasteiger partial charge in [-0.2, -0.15) is 0 Å². The molecule has 0 saturated carbocycles. The fourth-order valence-corrected chi connectivity index (χ4v) is 5.15. The quantitative estimate of drug-likeness (QED) is 0.843. The van der Waals surface area contributed by atoms with Crippen LogP contribution in [0, 0.1) is 0 Å². The predicted octanol–water partition coefficient (Wildman–Crippen LogP) is 2.90. The van der Waals surface area contributed by atoms with Gasteiger partial charge in [0.1, 0.15) is 9.23 Å². The molecular formula is C10H15Cl3N2O2S2. The lowest BCUT2D eigenvalue weighted by molar-refractivity contribution is 0.539. The molecule has 1 saturated heterocycles. The van der Waals surface area contributed by atoms with Gasteiger partial charge in [-0.15, -0.1) is 23.7 Å². The molecule has 0 amide bonds. The van der Waals surface area contributed by atoms with Crippen LogP contribution in [-0.2, 0) is 10.0 Å². The van der Waals surface area contributed by atoms with E-state index in [-0.39, 0.29) is 21.6 Å². The summed E-state index contributed by atoms with van der Waals surface area (Å²) >= 11 is 12.6. The van der Waals surface area contributed by atoms with Crippen LogP contribution in [0.2, 0.25) is 8.67 Å². The van der Waals surface area contributed by atoms with Crippen LogP contribution >= 0.6 is 46.9 Å². The van der Waals surface area contributed by atoms with Crippen molar-refractivity contribution in [2.75, 3.05) is 13.1 Å². The molecular weight excluding hydrogens is 351 g/mol. The Balaban J connectivity index is 0.00000180. The number of hydrogen-bond donors (Lipinski definition) is 2. The van der Waals surface area contributed by atoms with Gasteiger partial charge in [0.2, 0.25) is 10.0 Å². The van der Waals surface area contributed by atoms with E-state index in [0.29, 0.717) is 16.9 Å². The highest BCUT2D eigenvalue weighted by molar-refractivity contribution is 7.89. The minimum absolute atomic E-state index is 0. The van der Waals surface area contributed by atoms with Gasteiger partial charge in [0.25, 0.3) is 0 Å². The maximum absolute atomic E-state index is 12.0. The number of hydrogen-bond acceptors (Lipinski definition) is 4. The van der Waals surface area contributed by atoms with Gasteiger partial charge < -0.3 is 5.32 Å². The predicted molar refractivity (Wildman–Crippen MR) is 82.4 cm³/mol. The van der Waals surface area contributed by atoms with Crippen LogP contribution in [0.3, 0.4) is 0 Å². The molecule has 2 N–H and O–H groups in total. The monoisotopic (exact) mass is 364 g/mol. The van der Waals surface area contributed by atoms with Gasteiger partial charge in [-0.05, 0) is 31.9 Å². The minimum Gasteiger partial charge on any atom is -0.314 e. The van der Waals surface area contributed by atoms with Crippen LogP contribution in [0.25, 0.3) is 0 Å². The zero-order chi connectivity index (χ0) is 13.2. The molecule has 2 rings (SSSR count). The Bertz CT molecular complexity index is 513. The largest absolute Gasteiger partial charge is 0.314 e. The molecule has 0 spiro atoms. The van der Waals surface area contributed by atoms with Crippen LogP contribution in [0.5, 0.6) is 0 Å². The molecule has 0 aliphatic carbocycles. The van der Waals surface area contributed by atoms with E-state index in [1.165, 1.54) is 6.07 Å². The third-order valence-electron chi connectivity index (χ3n) is 2.86. The van der Waals surface area contributed by atoms with Gasteiger partial charge in [0.15, 0.2) is 0 Å². The molecule has 0 radical (unpaired) electrons. The van der Waals surface area contributed by atoms with Crippen molar-refractivity contribution in [3.8, 4) is 0 Å².